The lowest BCUT2D eigenvalue weighted by atomic mass is 10.2. The summed E-state index contributed by atoms with van der Waals surface area (Å²) in [4.78, 5) is 17.2. The van der Waals surface area contributed by atoms with E-state index in [1.165, 1.54) is 43.3 Å². The SMILES string of the molecule is CC(O)c1nc(Cn2nc(-c3ccc(Cl)cc3)n(CCC(F)(F)F)c2=O)nn1-c1cccc(F)c1Cl. The van der Waals surface area contributed by atoms with Crippen molar-refractivity contribution in [3.63, 3.8) is 0 Å². The zero-order valence-electron chi connectivity index (χ0n) is 18.5. The van der Waals surface area contributed by atoms with Crippen molar-refractivity contribution in [3.05, 3.63) is 80.5 Å². The molecule has 0 bridgehead atoms. The van der Waals surface area contributed by atoms with Gasteiger partial charge in [0, 0.05) is 17.1 Å². The zero-order valence-corrected chi connectivity index (χ0v) is 20.1. The number of halogens is 6. The Balaban J connectivity index is 1.76. The first-order chi connectivity index (χ1) is 16.9. The molecule has 0 aliphatic carbocycles. The van der Waals surface area contributed by atoms with Crippen molar-refractivity contribution >= 4 is 23.2 Å². The summed E-state index contributed by atoms with van der Waals surface area (Å²) in [5.74, 6) is -0.698. The summed E-state index contributed by atoms with van der Waals surface area (Å²) in [5, 5.41) is 18.8. The molecule has 0 saturated carbocycles. The van der Waals surface area contributed by atoms with E-state index in [9.17, 15) is 27.5 Å². The fourth-order valence-electron chi connectivity index (χ4n) is 3.47. The number of aliphatic hydroxyl groups excluding tert-OH is 1. The van der Waals surface area contributed by atoms with Gasteiger partial charge in [-0.05, 0) is 43.3 Å². The minimum absolute atomic E-state index is 0.00328. The first kappa shape index (κ1) is 25.9. The Kier molecular flexibility index (Phi) is 7.21. The van der Waals surface area contributed by atoms with Gasteiger partial charge < -0.3 is 5.11 Å². The molecule has 0 radical (unpaired) electrons. The van der Waals surface area contributed by atoms with E-state index in [0.717, 1.165) is 20.0 Å². The minimum atomic E-state index is -4.49. The maximum atomic E-state index is 14.0. The smallest absolute Gasteiger partial charge is 0.385 e. The molecule has 4 rings (SSSR count). The lowest BCUT2D eigenvalue weighted by Gasteiger charge is -2.09. The Morgan fingerprint density at radius 3 is 2.42 bits per heavy atom. The number of aromatic nitrogens is 6. The van der Waals surface area contributed by atoms with Gasteiger partial charge in [-0.3, -0.25) is 4.57 Å². The van der Waals surface area contributed by atoms with Crippen molar-refractivity contribution in [2.24, 2.45) is 0 Å². The molecular weight excluding hydrogens is 527 g/mol. The molecule has 4 aromatic rings. The van der Waals surface area contributed by atoms with Crippen LogP contribution in [0.15, 0.2) is 47.3 Å². The largest absolute Gasteiger partial charge is 0.390 e. The third-order valence-electron chi connectivity index (χ3n) is 5.14. The number of hydrogen-bond donors (Lipinski definition) is 1. The Hall–Kier alpha value is -3.22. The highest BCUT2D eigenvalue weighted by Crippen LogP contribution is 2.26. The van der Waals surface area contributed by atoms with Crippen molar-refractivity contribution < 1.29 is 22.7 Å². The van der Waals surface area contributed by atoms with Crippen LogP contribution >= 0.6 is 23.2 Å². The third-order valence-corrected chi connectivity index (χ3v) is 5.77. The Labute approximate surface area is 211 Å². The van der Waals surface area contributed by atoms with Crippen LogP contribution in [0.2, 0.25) is 10.0 Å². The number of benzene rings is 2. The van der Waals surface area contributed by atoms with Gasteiger partial charge in [0.05, 0.1) is 12.1 Å². The molecule has 0 amide bonds. The molecule has 8 nitrogen and oxygen atoms in total. The van der Waals surface area contributed by atoms with Gasteiger partial charge in [0.1, 0.15) is 23.5 Å². The third kappa shape index (κ3) is 5.45. The average Bonchev–Trinajstić information content (AvgIpc) is 3.36. The van der Waals surface area contributed by atoms with Gasteiger partial charge in [0.2, 0.25) is 0 Å². The highest BCUT2D eigenvalue weighted by Gasteiger charge is 2.29. The molecule has 36 heavy (non-hydrogen) atoms. The Morgan fingerprint density at radius 2 is 1.78 bits per heavy atom. The minimum Gasteiger partial charge on any atom is -0.385 e. The molecule has 1 atom stereocenters. The zero-order chi connectivity index (χ0) is 26.2. The molecule has 0 saturated heterocycles. The molecule has 0 spiro atoms. The molecule has 14 heteroatoms. The van der Waals surface area contributed by atoms with Crippen LogP contribution in [0.3, 0.4) is 0 Å². The van der Waals surface area contributed by atoms with E-state index in [1.54, 1.807) is 0 Å². The van der Waals surface area contributed by atoms with Crippen LogP contribution < -0.4 is 5.69 Å². The number of hydrogen-bond acceptors (Lipinski definition) is 5. The number of nitrogens with zero attached hydrogens (tertiary/aromatic N) is 6. The van der Waals surface area contributed by atoms with Crippen LogP contribution in [0.4, 0.5) is 17.6 Å². The van der Waals surface area contributed by atoms with Crippen molar-refractivity contribution in [3.8, 4) is 17.1 Å². The van der Waals surface area contributed by atoms with Gasteiger partial charge >= 0.3 is 11.9 Å². The first-order valence-electron chi connectivity index (χ1n) is 10.5. The van der Waals surface area contributed by atoms with E-state index < -0.39 is 36.8 Å². The monoisotopic (exact) mass is 544 g/mol. The van der Waals surface area contributed by atoms with Gasteiger partial charge in [-0.1, -0.05) is 29.3 Å². The fraction of sp³-hybridized carbons (Fsp3) is 0.273. The summed E-state index contributed by atoms with van der Waals surface area (Å²) in [7, 11) is 0. The maximum Gasteiger partial charge on any atom is 0.390 e. The van der Waals surface area contributed by atoms with Gasteiger partial charge in [-0.25, -0.2) is 23.5 Å². The highest BCUT2D eigenvalue weighted by molar-refractivity contribution is 6.32. The first-order valence-corrected chi connectivity index (χ1v) is 11.3. The number of aliphatic hydroxyl groups is 1. The molecule has 1 unspecified atom stereocenters. The Morgan fingerprint density at radius 1 is 1.08 bits per heavy atom. The van der Waals surface area contributed by atoms with E-state index in [2.05, 4.69) is 15.2 Å². The highest BCUT2D eigenvalue weighted by atomic mass is 35.5. The average molecular weight is 545 g/mol. The molecule has 2 heterocycles. The van der Waals surface area contributed by atoms with Crippen LogP contribution in [0.5, 0.6) is 0 Å². The molecule has 0 aliphatic rings. The second kappa shape index (κ2) is 10.0. The lowest BCUT2D eigenvalue weighted by molar-refractivity contribution is -0.136. The summed E-state index contributed by atoms with van der Waals surface area (Å²) in [6.45, 7) is 0.423. The van der Waals surface area contributed by atoms with Gasteiger partial charge in [-0.15, -0.1) is 10.2 Å². The predicted molar refractivity (Wildman–Crippen MR) is 124 cm³/mol. The van der Waals surface area contributed by atoms with Crippen LogP contribution in [0, 0.1) is 5.82 Å². The quantitative estimate of drug-likeness (QED) is 0.338. The normalized spacial score (nSPS) is 12.8. The van der Waals surface area contributed by atoms with Crippen LogP contribution in [0.1, 0.15) is 31.1 Å². The van der Waals surface area contributed by atoms with E-state index >= 15 is 0 Å². The fourth-order valence-corrected chi connectivity index (χ4v) is 3.80. The van der Waals surface area contributed by atoms with Crippen molar-refractivity contribution in [2.75, 3.05) is 0 Å². The van der Waals surface area contributed by atoms with Crippen molar-refractivity contribution in [1.82, 2.24) is 29.1 Å². The number of alkyl halides is 3. The molecule has 2 aromatic carbocycles. The standard InChI is InChI=1S/C22H18Cl2F4N6O2/c1-12(35)19-29-17(30-34(19)16-4-2-3-15(25)18(16)24)11-33-21(36)32(10-9-22(26,27)28)20(31-33)13-5-7-14(23)8-6-13/h2-8,12,35H,9-11H2,1H3. The summed E-state index contributed by atoms with van der Waals surface area (Å²) >= 11 is 12.0. The lowest BCUT2D eigenvalue weighted by Crippen LogP contribution is -2.27. The van der Waals surface area contributed by atoms with Crippen LogP contribution in [0.25, 0.3) is 17.1 Å². The summed E-state index contributed by atoms with van der Waals surface area (Å²) in [6.07, 6.45) is -6.87. The summed E-state index contributed by atoms with van der Waals surface area (Å²) in [5.41, 5.74) is -0.328. The van der Waals surface area contributed by atoms with Crippen molar-refractivity contribution in [2.45, 2.75) is 38.7 Å². The van der Waals surface area contributed by atoms with E-state index in [1.807, 2.05) is 0 Å². The second-order valence-corrected chi connectivity index (χ2v) is 8.65. The predicted octanol–water partition coefficient (Wildman–Crippen LogP) is 4.79. The molecule has 2 aromatic heterocycles. The number of rotatable bonds is 7. The van der Waals surface area contributed by atoms with Crippen LogP contribution in [-0.4, -0.2) is 40.4 Å². The van der Waals surface area contributed by atoms with E-state index in [0.29, 0.717) is 10.6 Å². The topological polar surface area (TPSA) is 90.8 Å². The molecule has 0 fully saturated rings. The van der Waals surface area contributed by atoms with Crippen molar-refractivity contribution in [1.29, 1.82) is 0 Å². The van der Waals surface area contributed by atoms with Gasteiger partial charge in [-0.2, -0.15) is 13.2 Å². The van der Waals surface area contributed by atoms with E-state index in [4.69, 9.17) is 23.2 Å². The second-order valence-electron chi connectivity index (χ2n) is 7.83. The van der Waals surface area contributed by atoms with Gasteiger partial charge in [0.15, 0.2) is 17.5 Å². The Bertz CT molecular complexity index is 1440. The van der Waals surface area contributed by atoms with Crippen LogP contribution in [-0.2, 0) is 13.1 Å². The molecule has 190 valence electrons. The molecular formula is C22H18Cl2F4N6O2. The molecule has 0 aliphatic heterocycles. The maximum absolute atomic E-state index is 14.0. The summed E-state index contributed by atoms with van der Waals surface area (Å²) < 4.78 is 55.7. The van der Waals surface area contributed by atoms with Gasteiger partial charge in [0.25, 0.3) is 0 Å². The molecule has 1 N–H and O–H groups in total. The summed E-state index contributed by atoms with van der Waals surface area (Å²) in [6, 6.07) is 10.1. The van der Waals surface area contributed by atoms with E-state index in [-0.39, 0.29) is 34.7 Å².